The number of nitrogens with one attached hydrogen (secondary N) is 1. The van der Waals surface area contributed by atoms with Crippen LogP contribution in [0.5, 0.6) is 0 Å². The number of benzene rings is 1. The van der Waals surface area contributed by atoms with Crippen LogP contribution in [0.15, 0.2) is 28.7 Å². The molecule has 0 unspecified atom stereocenters. The number of rotatable bonds is 5. The van der Waals surface area contributed by atoms with Crippen molar-refractivity contribution in [3.63, 3.8) is 0 Å². The third-order valence-electron chi connectivity index (χ3n) is 4.14. The summed E-state index contributed by atoms with van der Waals surface area (Å²) >= 11 is 3.34. The first kappa shape index (κ1) is 19.4. The maximum Gasteiger partial charge on any atom is 0.328 e. The monoisotopic (exact) mass is 412 g/mol. The Morgan fingerprint density at radius 1 is 1.36 bits per heavy atom. The Kier molecular flexibility index (Phi) is 6.55. The van der Waals surface area contributed by atoms with Crippen molar-refractivity contribution >= 4 is 33.7 Å². The fourth-order valence-corrected chi connectivity index (χ4v) is 3.13. The second kappa shape index (κ2) is 8.44. The summed E-state index contributed by atoms with van der Waals surface area (Å²) < 4.78 is 5.68. The van der Waals surface area contributed by atoms with Crippen LogP contribution >= 0.6 is 15.9 Å². The van der Waals surface area contributed by atoms with E-state index in [0.717, 1.165) is 10.0 Å². The molecule has 1 aliphatic heterocycles. The zero-order chi connectivity index (χ0) is 18.6. The molecule has 0 radical (unpaired) electrons. The smallest absolute Gasteiger partial charge is 0.328 e. The van der Waals surface area contributed by atoms with Gasteiger partial charge in [-0.2, -0.15) is 0 Å². The summed E-state index contributed by atoms with van der Waals surface area (Å²) in [5, 5.41) is 12.4. The third-order valence-corrected chi connectivity index (χ3v) is 4.67. The molecule has 0 spiro atoms. The first-order valence-corrected chi connectivity index (χ1v) is 8.69. The fraction of sp³-hybridized carbons (Fsp3) is 0.471. The van der Waals surface area contributed by atoms with Gasteiger partial charge in [-0.05, 0) is 17.7 Å². The topological polar surface area (TPSA) is 95.9 Å². The van der Waals surface area contributed by atoms with E-state index in [9.17, 15) is 19.5 Å². The van der Waals surface area contributed by atoms with Crippen LogP contribution in [0.3, 0.4) is 0 Å². The Hall–Kier alpha value is -1.93. The lowest BCUT2D eigenvalue weighted by atomic mass is 10.1. The molecule has 2 amide bonds. The van der Waals surface area contributed by atoms with E-state index in [0.29, 0.717) is 0 Å². The van der Waals surface area contributed by atoms with Crippen LogP contribution in [0.1, 0.15) is 18.9 Å². The van der Waals surface area contributed by atoms with Crippen LogP contribution in [0, 0.1) is 0 Å². The average molecular weight is 413 g/mol. The number of ether oxygens (including phenoxy) is 1. The Labute approximate surface area is 154 Å². The minimum atomic E-state index is -0.870. The van der Waals surface area contributed by atoms with E-state index in [-0.39, 0.29) is 25.3 Å². The van der Waals surface area contributed by atoms with Gasteiger partial charge in [-0.15, -0.1) is 0 Å². The normalized spacial score (nSPS) is 20.9. The average Bonchev–Trinajstić information content (AvgIpc) is 2.97. The number of hydrogen-bond acceptors (Lipinski definition) is 5. The summed E-state index contributed by atoms with van der Waals surface area (Å²) in [6.07, 6.45) is -0.332. The molecular weight excluding hydrogens is 392 g/mol. The molecule has 1 aromatic rings. The number of amides is 2. The number of hydrogen-bond donors (Lipinski definition) is 2. The summed E-state index contributed by atoms with van der Waals surface area (Å²) in [4.78, 5) is 37.5. The van der Waals surface area contributed by atoms with E-state index in [1.165, 1.54) is 18.9 Å². The number of nitrogens with zero attached hydrogens (tertiary/aromatic N) is 1. The highest BCUT2D eigenvalue weighted by atomic mass is 79.9. The van der Waals surface area contributed by atoms with Crippen molar-refractivity contribution in [1.82, 2.24) is 10.2 Å². The van der Waals surface area contributed by atoms with Gasteiger partial charge in [0.05, 0.1) is 13.2 Å². The molecule has 1 fully saturated rings. The predicted octanol–water partition coefficient (Wildman–Crippen LogP) is 0.631. The molecule has 1 aromatic carbocycles. The van der Waals surface area contributed by atoms with Gasteiger partial charge in [0.15, 0.2) is 0 Å². The van der Waals surface area contributed by atoms with Gasteiger partial charge < -0.3 is 20.1 Å². The molecule has 2 rings (SSSR count). The highest BCUT2D eigenvalue weighted by Crippen LogP contribution is 2.19. The Balaban J connectivity index is 2.10. The van der Waals surface area contributed by atoms with Gasteiger partial charge in [0, 0.05) is 30.8 Å². The molecule has 1 aliphatic rings. The number of esters is 1. The molecule has 2 N–H and O–H groups in total. The highest BCUT2D eigenvalue weighted by molar-refractivity contribution is 9.10. The first-order chi connectivity index (χ1) is 11.8. The van der Waals surface area contributed by atoms with Crippen LogP contribution in [-0.2, 0) is 25.5 Å². The van der Waals surface area contributed by atoms with Crippen molar-refractivity contribution in [3.05, 3.63) is 34.3 Å². The van der Waals surface area contributed by atoms with Crippen LogP contribution < -0.4 is 5.32 Å². The highest BCUT2D eigenvalue weighted by Gasteiger charge is 2.38. The quantitative estimate of drug-likeness (QED) is 0.691. The molecule has 25 heavy (non-hydrogen) atoms. The number of aliphatic hydroxyl groups excluding tert-OH is 1. The second-order valence-electron chi connectivity index (χ2n) is 5.99. The van der Waals surface area contributed by atoms with Gasteiger partial charge >= 0.3 is 5.97 Å². The molecule has 3 atom stereocenters. The number of β-amino-alcohol motifs (C(OH)–C–C–N with tert-alkyl or cyclic N) is 1. The Morgan fingerprint density at radius 3 is 2.56 bits per heavy atom. The number of methoxy groups -OCH3 is 1. The van der Waals surface area contributed by atoms with E-state index in [4.69, 9.17) is 4.74 Å². The molecule has 136 valence electrons. The minimum Gasteiger partial charge on any atom is -0.467 e. The lowest BCUT2D eigenvalue weighted by molar-refractivity contribution is -0.146. The van der Waals surface area contributed by atoms with E-state index in [1.54, 1.807) is 0 Å². The molecule has 1 heterocycles. The molecule has 1 saturated heterocycles. The Bertz CT molecular complexity index is 649. The van der Waals surface area contributed by atoms with E-state index < -0.39 is 30.1 Å². The SMILES string of the molecule is COC(=O)[C@H](Cc1ccc(Br)cc1)NC(=O)[C@@H]1C[C@@H](O)CN1C(C)=O. The zero-order valence-electron chi connectivity index (χ0n) is 14.1. The largest absolute Gasteiger partial charge is 0.467 e. The molecule has 0 saturated carbocycles. The van der Waals surface area contributed by atoms with Crippen LogP contribution in [0.25, 0.3) is 0 Å². The van der Waals surface area contributed by atoms with Crippen molar-refractivity contribution in [2.45, 2.75) is 38.0 Å². The van der Waals surface area contributed by atoms with E-state index in [2.05, 4.69) is 21.2 Å². The summed E-state index contributed by atoms with van der Waals surface area (Å²) in [7, 11) is 1.25. The summed E-state index contributed by atoms with van der Waals surface area (Å²) in [6.45, 7) is 1.46. The fourth-order valence-electron chi connectivity index (χ4n) is 2.87. The van der Waals surface area contributed by atoms with Crippen molar-refractivity contribution in [2.75, 3.05) is 13.7 Å². The van der Waals surface area contributed by atoms with Gasteiger partial charge in [0.1, 0.15) is 12.1 Å². The maximum atomic E-state index is 12.5. The van der Waals surface area contributed by atoms with Crippen molar-refractivity contribution in [2.24, 2.45) is 0 Å². The number of carbonyl (C=O) groups is 3. The van der Waals surface area contributed by atoms with Crippen molar-refractivity contribution in [3.8, 4) is 0 Å². The third kappa shape index (κ3) is 5.02. The predicted molar refractivity (Wildman–Crippen MR) is 93.6 cm³/mol. The van der Waals surface area contributed by atoms with Crippen molar-refractivity contribution in [1.29, 1.82) is 0 Å². The first-order valence-electron chi connectivity index (χ1n) is 7.89. The van der Waals surface area contributed by atoms with Crippen molar-refractivity contribution < 1.29 is 24.2 Å². The summed E-state index contributed by atoms with van der Waals surface area (Å²) in [6, 6.07) is 5.71. The molecule has 8 heteroatoms. The van der Waals surface area contributed by atoms with Crippen LogP contribution in [0.2, 0.25) is 0 Å². The lowest BCUT2D eigenvalue weighted by Gasteiger charge is -2.24. The lowest BCUT2D eigenvalue weighted by Crippen LogP contribution is -2.51. The van der Waals surface area contributed by atoms with Crippen LogP contribution in [0.4, 0.5) is 0 Å². The second-order valence-corrected chi connectivity index (χ2v) is 6.91. The standard InChI is InChI=1S/C17H21BrN2O5/c1-10(21)20-9-13(22)8-15(20)16(23)19-14(17(24)25-2)7-11-3-5-12(18)6-4-11/h3-6,13-15,22H,7-9H2,1-2H3,(H,19,23)/t13-,14+,15+/m1/s1. The molecule has 0 bridgehead atoms. The maximum absolute atomic E-state index is 12.5. The van der Waals surface area contributed by atoms with Gasteiger partial charge in [-0.25, -0.2) is 4.79 Å². The van der Waals surface area contributed by atoms with Crippen LogP contribution in [-0.4, -0.2) is 59.6 Å². The van der Waals surface area contributed by atoms with Gasteiger partial charge in [0.25, 0.3) is 0 Å². The van der Waals surface area contributed by atoms with E-state index in [1.807, 2.05) is 24.3 Å². The van der Waals surface area contributed by atoms with Gasteiger partial charge in [-0.1, -0.05) is 28.1 Å². The number of aliphatic hydroxyl groups is 1. The zero-order valence-corrected chi connectivity index (χ0v) is 15.7. The molecule has 0 aliphatic carbocycles. The number of likely N-dealkylation sites (tertiary alicyclic amines) is 1. The summed E-state index contributed by atoms with van der Waals surface area (Å²) in [5.74, 6) is -1.33. The Morgan fingerprint density at radius 2 is 2.00 bits per heavy atom. The van der Waals surface area contributed by atoms with Gasteiger partial charge in [0.2, 0.25) is 11.8 Å². The van der Waals surface area contributed by atoms with E-state index >= 15 is 0 Å². The molecule has 7 nitrogen and oxygen atoms in total. The molecule has 0 aromatic heterocycles. The number of carbonyl (C=O) groups excluding carboxylic acids is 3. The minimum absolute atomic E-state index is 0.114. The molecular formula is C17H21BrN2O5. The number of halogens is 1. The summed E-state index contributed by atoms with van der Waals surface area (Å²) in [5.41, 5.74) is 0.855. The van der Waals surface area contributed by atoms with Gasteiger partial charge in [-0.3, -0.25) is 9.59 Å².